The Morgan fingerprint density at radius 2 is 1.46 bits per heavy atom. The van der Waals surface area contributed by atoms with Gasteiger partial charge in [0.05, 0.1) is 17.8 Å². The van der Waals surface area contributed by atoms with Gasteiger partial charge in [0.1, 0.15) is 16.8 Å². The second kappa shape index (κ2) is 17.6. The third-order valence-electron chi connectivity index (χ3n) is 3.70. The van der Waals surface area contributed by atoms with Gasteiger partial charge >= 0.3 is 5.97 Å². The zero-order valence-electron chi connectivity index (χ0n) is 17.0. The Morgan fingerprint density at radius 1 is 0.964 bits per heavy atom. The normalized spacial score (nSPS) is 14.8. The molecule has 0 aromatic heterocycles. The first-order valence-corrected chi connectivity index (χ1v) is 13.9. The first kappa shape index (κ1) is 30.0. The van der Waals surface area contributed by atoms with Crippen LogP contribution in [-0.2, 0) is 19.2 Å². The van der Waals surface area contributed by atoms with Crippen LogP contribution in [0.3, 0.4) is 0 Å². The van der Waals surface area contributed by atoms with Gasteiger partial charge in [-0.15, -0.1) is 0 Å². The van der Waals surface area contributed by atoms with Crippen molar-refractivity contribution in [1.29, 1.82) is 0 Å². The second-order valence-electron chi connectivity index (χ2n) is 5.92. The molecule has 0 saturated carbocycles. The summed E-state index contributed by atoms with van der Waals surface area (Å²) in [7, 11) is 5.66. The Morgan fingerprint density at radius 3 is 1.82 bits per heavy atom. The highest BCUT2D eigenvalue weighted by Crippen LogP contribution is 2.29. The molecule has 28 heavy (non-hydrogen) atoms. The van der Waals surface area contributed by atoms with Gasteiger partial charge in [0, 0.05) is 12.3 Å². The highest BCUT2D eigenvalue weighted by atomic mass is 33.1. The van der Waals surface area contributed by atoms with E-state index in [-0.39, 0.29) is 41.5 Å². The Balaban J connectivity index is 0. The van der Waals surface area contributed by atoms with E-state index in [0.29, 0.717) is 12.8 Å². The number of hydrogen-bond acceptors (Lipinski definition) is 10. The fraction of sp³-hybridized carbons (Fsp3) is 0.765. The van der Waals surface area contributed by atoms with Gasteiger partial charge in [-0.2, -0.15) is 0 Å². The van der Waals surface area contributed by atoms with E-state index in [1.54, 1.807) is 34.8 Å². The van der Waals surface area contributed by atoms with Crippen molar-refractivity contribution in [3.05, 3.63) is 0 Å². The number of hydrogen-bond donors (Lipinski definition) is 3. The summed E-state index contributed by atoms with van der Waals surface area (Å²) >= 11 is 0. The molecule has 0 heterocycles. The van der Waals surface area contributed by atoms with Crippen LogP contribution in [0, 0.1) is 5.92 Å². The fourth-order valence-electron chi connectivity index (χ4n) is 2.00. The van der Waals surface area contributed by atoms with Gasteiger partial charge in [0.15, 0.2) is 5.78 Å². The van der Waals surface area contributed by atoms with Crippen LogP contribution in [0.25, 0.3) is 0 Å². The molecule has 0 aliphatic heterocycles. The molecule has 0 aromatic rings. The third kappa shape index (κ3) is 13.9. The van der Waals surface area contributed by atoms with Crippen LogP contribution in [0.2, 0.25) is 0 Å². The minimum absolute atomic E-state index is 0.00792. The topological polar surface area (TPSA) is 141 Å². The molecule has 0 spiro atoms. The van der Waals surface area contributed by atoms with Gasteiger partial charge in [-0.25, -0.2) is 0 Å². The highest BCUT2D eigenvalue weighted by Gasteiger charge is 2.24. The van der Waals surface area contributed by atoms with Gasteiger partial charge < -0.3 is 16.6 Å². The van der Waals surface area contributed by atoms with E-state index in [0.717, 1.165) is 0 Å². The lowest BCUT2D eigenvalue weighted by atomic mass is 9.97. The van der Waals surface area contributed by atoms with Crippen molar-refractivity contribution < 1.29 is 24.3 Å². The number of nitrogens with two attached hydrogens (primary N) is 2. The number of Topliss-reactive ketones (excluding diaryl/α,β-unsaturated/α-hetero) is 3. The average molecular weight is 473 g/mol. The maximum Gasteiger partial charge on any atom is 0.317 e. The van der Waals surface area contributed by atoms with Crippen LogP contribution in [0.1, 0.15) is 40.0 Å². The van der Waals surface area contributed by atoms with Crippen LogP contribution >= 0.6 is 43.2 Å². The molecule has 0 saturated heterocycles. The summed E-state index contributed by atoms with van der Waals surface area (Å²) in [6, 6.07) is -0.777. The SMILES string of the molecule is CCC(=O)[C@@H](C)C[C@H](SSC)C(C)=O.CSS[C@@H](C[C@H](N)C(=O)CN)C(=O)O. The van der Waals surface area contributed by atoms with Gasteiger partial charge in [-0.05, 0) is 32.3 Å². The van der Waals surface area contributed by atoms with E-state index in [2.05, 4.69) is 0 Å². The molecule has 0 bridgehead atoms. The predicted octanol–water partition coefficient (Wildman–Crippen LogP) is 2.66. The highest BCUT2D eigenvalue weighted by molar-refractivity contribution is 8.77. The summed E-state index contributed by atoms with van der Waals surface area (Å²) in [5, 5.41) is 8.09. The van der Waals surface area contributed by atoms with E-state index in [9.17, 15) is 19.2 Å². The second-order valence-corrected chi connectivity index (χ2v) is 11.3. The fourth-order valence-corrected chi connectivity index (χ4v) is 5.86. The van der Waals surface area contributed by atoms with Crippen molar-refractivity contribution in [2.24, 2.45) is 17.4 Å². The number of carboxylic acid groups (broad SMARTS) is 1. The van der Waals surface area contributed by atoms with Crippen LogP contribution in [-0.4, -0.2) is 64.0 Å². The molecule has 4 atom stereocenters. The smallest absolute Gasteiger partial charge is 0.317 e. The summed E-state index contributed by atoms with van der Waals surface area (Å²) in [5.74, 6) is -0.839. The van der Waals surface area contributed by atoms with Gasteiger partial charge in [-0.1, -0.05) is 57.0 Å². The molecule has 164 valence electrons. The summed E-state index contributed by atoms with van der Waals surface area (Å²) in [4.78, 5) is 44.3. The lowest BCUT2D eigenvalue weighted by Gasteiger charge is -2.15. The van der Waals surface area contributed by atoms with Crippen molar-refractivity contribution >= 4 is 66.5 Å². The Labute approximate surface area is 183 Å². The molecule has 0 aliphatic rings. The molecule has 11 heteroatoms. The van der Waals surface area contributed by atoms with Gasteiger partial charge in [0.2, 0.25) is 0 Å². The molecule has 0 aliphatic carbocycles. The molecule has 7 nitrogen and oxygen atoms in total. The molecular formula is C17H32N2O5S4. The molecule has 0 radical (unpaired) electrons. The van der Waals surface area contributed by atoms with Crippen molar-refractivity contribution in [2.45, 2.75) is 56.6 Å². The van der Waals surface area contributed by atoms with E-state index in [4.69, 9.17) is 16.6 Å². The number of carbonyl (C=O) groups is 4. The summed E-state index contributed by atoms with van der Waals surface area (Å²) < 4.78 is 0. The average Bonchev–Trinajstić information content (AvgIpc) is 2.65. The minimum Gasteiger partial charge on any atom is -0.480 e. The Bertz CT molecular complexity index is 464. The first-order valence-electron chi connectivity index (χ1n) is 8.68. The monoisotopic (exact) mass is 472 g/mol. The number of ketones is 3. The number of rotatable bonds is 14. The first-order chi connectivity index (χ1) is 13.0. The van der Waals surface area contributed by atoms with Crippen molar-refractivity contribution in [1.82, 2.24) is 0 Å². The predicted molar refractivity (Wildman–Crippen MR) is 124 cm³/mol. The standard InChI is InChI=1S/C10H18O2S2.C7H14N2O3S2/c1-5-9(12)7(2)6-10(8(3)11)14-13-4;1-13-14-6(7(11)12)2-4(9)5(10)3-8/h7,10H,5-6H2,1-4H3;4,6H,2-3,8-9H2,1H3,(H,11,12)/t7-,10-;4-,6-/m00/s1. The third-order valence-corrected chi connectivity index (χ3v) is 8.02. The molecule has 0 fully saturated rings. The molecule has 0 aromatic carbocycles. The maximum absolute atomic E-state index is 11.3. The molecule has 0 amide bonds. The molecule has 0 rings (SSSR count). The Kier molecular flexibility index (Phi) is 18.9. The maximum atomic E-state index is 11.3. The van der Waals surface area contributed by atoms with Gasteiger partial charge in [0.25, 0.3) is 0 Å². The molecule has 0 unspecified atom stereocenters. The van der Waals surface area contributed by atoms with Gasteiger partial charge in [-0.3, -0.25) is 19.2 Å². The molecular weight excluding hydrogens is 440 g/mol. The summed E-state index contributed by atoms with van der Waals surface area (Å²) in [6.45, 7) is 5.22. The van der Waals surface area contributed by atoms with Crippen LogP contribution in [0.4, 0.5) is 0 Å². The summed E-state index contributed by atoms with van der Waals surface area (Å²) in [5.41, 5.74) is 10.6. The zero-order valence-corrected chi connectivity index (χ0v) is 20.3. The Hall–Kier alpha value is -0.200. The number of carboxylic acids is 1. The van der Waals surface area contributed by atoms with Crippen molar-refractivity contribution in [3.8, 4) is 0 Å². The van der Waals surface area contributed by atoms with E-state index in [1.807, 2.05) is 20.1 Å². The minimum atomic E-state index is -0.954. The van der Waals surface area contributed by atoms with Crippen LogP contribution in [0.5, 0.6) is 0 Å². The summed E-state index contributed by atoms with van der Waals surface area (Å²) in [6.07, 6.45) is 5.09. The number of aliphatic carboxylic acids is 1. The quantitative estimate of drug-likeness (QED) is 0.321. The van der Waals surface area contributed by atoms with E-state index >= 15 is 0 Å². The van der Waals surface area contributed by atoms with E-state index < -0.39 is 17.3 Å². The zero-order chi connectivity index (χ0) is 22.3. The van der Waals surface area contributed by atoms with Crippen molar-refractivity contribution in [2.75, 3.05) is 19.1 Å². The largest absolute Gasteiger partial charge is 0.480 e. The molecule has 5 N–H and O–H groups in total. The lowest BCUT2D eigenvalue weighted by molar-refractivity contribution is -0.136. The lowest BCUT2D eigenvalue weighted by Crippen LogP contribution is -2.39. The van der Waals surface area contributed by atoms with Crippen LogP contribution < -0.4 is 11.5 Å². The number of carbonyl (C=O) groups excluding carboxylic acids is 3. The van der Waals surface area contributed by atoms with Crippen LogP contribution in [0.15, 0.2) is 0 Å². The van der Waals surface area contributed by atoms with Crippen molar-refractivity contribution in [3.63, 3.8) is 0 Å². The van der Waals surface area contributed by atoms with E-state index in [1.165, 1.54) is 21.6 Å².